The Morgan fingerprint density at radius 2 is 1.92 bits per heavy atom. The lowest BCUT2D eigenvalue weighted by atomic mass is 10.1. The highest BCUT2D eigenvalue weighted by Gasteiger charge is 2.06. The molecule has 66 valence electrons. The molecular formula is C10H8FNO. The molecule has 2 rings (SSSR count). The minimum Gasteiger partial charge on any atom is -0.507 e. The van der Waals surface area contributed by atoms with E-state index >= 15 is 0 Å². The lowest BCUT2D eigenvalue weighted by molar-refractivity contribution is 0.478. The molecule has 0 unspecified atom stereocenters. The number of benzene rings is 2. The van der Waals surface area contributed by atoms with Gasteiger partial charge in [-0.05, 0) is 18.2 Å². The van der Waals surface area contributed by atoms with Gasteiger partial charge < -0.3 is 10.8 Å². The van der Waals surface area contributed by atoms with E-state index in [2.05, 4.69) is 0 Å². The van der Waals surface area contributed by atoms with Crippen LogP contribution in [0.15, 0.2) is 30.3 Å². The summed E-state index contributed by atoms with van der Waals surface area (Å²) in [6.45, 7) is 0. The highest BCUT2D eigenvalue weighted by molar-refractivity contribution is 5.96. The molecule has 13 heavy (non-hydrogen) atoms. The number of anilines is 1. The van der Waals surface area contributed by atoms with E-state index in [1.807, 2.05) is 0 Å². The Hall–Kier alpha value is -1.77. The van der Waals surface area contributed by atoms with Gasteiger partial charge >= 0.3 is 0 Å². The summed E-state index contributed by atoms with van der Waals surface area (Å²) >= 11 is 0. The summed E-state index contributed by atoms with van der Waals surface area (Å²) < 4.78 is 13.2. The maximum atomic E-state index is 13.2. The average molecular weight is 177 g/mol. The van der Waals surface area contributed by atoms with Crippen molar-refractivity contribution < 1.29 is 9.50 Å². The van der Waals surface area contributed by atoms with Crippen LogP contribution in [0.3, 0.4) is 0 Å². The van der Waals surface area contributed by atoms with Crippen molar-refractivity contribution in [3.63, 3.8) is 0 Å². The van der Waals surface area contributed by atoms with Crippen molar-refractivity contribution in [3.8, 4) is 5.75 Å². The molecule has 0 saturated heterocycles. The second-order valence-electron chi connectivity index (χ2n) is 2.84. The second-order valence-corrected chi connectivity index (χ2v) is 2.84. The number of phenols is 1. The molecule has 0 atom stereocenters. The number of rotatable bonds is 0. The standard InChI is InChI=1S/C10H8FNO/c11-7-4-5-8(12)6-2-1-3-9(13)10(6)7/h1-5,13H,12H2. The van der Waals surface area contributed by atoms with Gasteiger partial charge in [0.05, 0.1) is 5.39 Å². The zero-order valence-electron chi connectivity index (χ0n) is 6.79. The van der Waals surface area contributed by atoms with E-state index in [1.54, 1.807) is 12.1 Å². The fraction of sp³-hybridized carbons (Fsp3) is 0. The van der Waals surface area contributed by atoms with Crippen molar-refractivity contribution in [2.24, 2.45) is 0 Å². The number of fused-ring (bicyclic) bond motifs is 1. The van der Waals surface area contributed by atoms with E-state index in [4.69, 9.17) is 5.73 Å². The first kappa shape index (κ1) is 7.86. The van der Waals surface area contributed by atoms with Crippen LogP contribution in [-0.4, -0.2) is 5.11 Å². The van der Waals surface area contributed by atoms with Crippen LogP contribution in [0.4, 0.5) is 10.1 Å². The summed E-state index contributed by atoms with van der Waals surface area (Å²) in [4.78, 5) is 0. The van der Waals surface area contributed by atoms with E-state index in [0.29, 0.717) is 11.1 Å². The largest absolute Gasteiger partial charge is 0.507 e. The molecule has 0 saturated carbocycles. The Kier molecular flexibility index (Phi) is 1.59. The quantitative estimate of drug-likeness (QED) is 0.606. The van der Waals surface area contributed by atoms with E-state index in [9.17, 15) is 9.50 Å². The van der Waals surface area contributed by atoms with E-state index in [0.717, 1.165) is 0 Å². The van der Waals surface area contributed by atoms with Gasteiger partial charge in [0, 0.05) is 11.1 Å². The first-order valence-corrected chi connectivity index (χ1v) is 3.86. The Balaban J connectivity index is 3.00. The van der Waals surface area contributed by atoms with Crippen molar-refractivity contribution in [2.45, 2.75) is 0 Å². The molecule has 0 radical (unpaired) electrons. The van der Waals surface area contributed by atoms with Gasteiger partial charge in [0.1, 0.15) is 11.6 Å². The van der Waals surface area contributed by atoms with Gasteiger partial charge in [-0.2, -0.15) is 0 Å². The first-order valence-electron chi connectivity index (χ1n) is 3.86. The Morgan fingerprint density at radius 1 is 1.15 bits per heavy atom. The Bertz CT molecular complexity index is 459. The SMILES string of the molecule is Nc1ccc(F)c2c(O)cccc12. The molecule has 0 fully saturated rings. The number of nitrogen functional groups attached to an aromatic ring is 1. The fourth-order valence-electron chi connectivity index (χ4n) is 1.37. The third-order valence-electron chi connectivity index (χ3n) is 2.00. The maximum absolute atomic E-state index is 13.2. The van der Waals surface area contributed by atoms with Crippen LogP contribution in [0.1, 0.15) is 0 Å². The number of aromatic hydroxyl groups is 1. The van der Waals surface area contributed by atoms with Crippen LogP contribution < -0.4 is 5.73 Å². The first-order chi connectivity index (χ1) is 6.20. The zero-order valence-corrected chi connectivity index (χ0v) is 6.79. The van der Waals surface area contributed by atoms with Crippen molar-refractivity contribution in [1.82, 2.24) is 0 Å². The molecule has 0 bridgehead atoms. The molecule has 0 spiro atoms. The third kappa shape index (κ3) is 1.09. The zero-order chi connectivity index (χ0) is 9.42. The van der Waals surface area contributed by atoms with E-state index in [1.165, 1.54) is 18.2 Å². The number of phenolic OH excluding ortho intramolecular Hbond substituents is 1. The van der Waals surface area contributed by atoms with Gasteiger partial charge in [-0.25, -0.2) is 4.39 Å². The van der Waals surface area contributed by atoms with Crippen LogP contribution in [0.2, 0.25) is 0 Å². The molecule has 2 aromatic rings. The van der Waals surface area contributed by atoms with E-state index < -0.39 is 5.82 Å². The molecule has 2 nitrogen and oxygen atoms in total. The summed E-state index contributed by atoms with van der Waals surface area (Å²) in [6, 6.07) is 7.47. The molecule has 3 heteroatoms. The van der Waals surface area contributed by atoms with Crippen LogP contribution in [0.5, 0.6) is 5.75 Å². The minimum atomic E-state index is -0.456. The van der Waals surface area contributed by atoms with Gasteiger partial charge in [-0.1, -0.05) is 12.1 Å². The van der Waals surface area contributed by atoms with Crippen molar-refractivity contribution in [3.05, 3.63) is 36.1 Å². The summed E-state index contributed by atoms with van der Waals surface area (Å²) in [5, 5.41) is 10.1. The van der Waals surface area contributed by atoms with Gasteiger partial charge in [0.25, 0.3) is 0 Å². The van der Waals surface area contributed by atoms with Gasteiger partial charge in [0.2, 0.25) is 0 Å². The van der Waals surface area contributed by atoms with Crippen LogP contribution >= 0.6 is 0 Å². The van der Waals surface area contributed by atoms with Crippen molar-refractivity contribution >= 4 is 16.5 Å². The highest BCUT2D eigenvalue weighted by Crippen LogP contribution is 2.30. The molecule has 0 aliphatic carbocycles. The topological polar surface area (TPSA) is 46.2 Å². The Morgan fingerprint density at radius 3 is 2.62 bits per heavy atom. The third-order valence-corrected chi connectivity index (χ3v) is 2.00. The molecule has 0 aliphatic rings. The predicted octanol–water partition coefficient (Wildman–Crippen LogP) is 2.27. The average Bonchev–Trinajstić information content (AvgIpc) is 2.12. The summed E-state index contributed by atoms with van der Waals surface area (Å²) in [7, 11) is 0. The second kappa shape index (κ2) is 2.62. The maximum Gasteiger partial charge on any atom is 0.134 e. The lowest BCUT2D eigenvalue weighted by Crippen LogP contribution is -1.89. The predicted molar refractivity (Wildman–Crippen MR) is 50.0 cm³/mol. The smallest absolute Gasteiger partial charge is 0.134 e. The van der Waals surface area contributed by atoms with Crippen LogP contribution in [-0.2, 0) is 0 Å². The summed E-state index contributed by atoms with van der Waals surface area (Å²) in [6.07, 6.45) is 0. The molecule has 0 aliphatic heterocycles. The molecule has 3 N–H and O–H groups in total. The van der Waals surface area contributed by atoms with Crippen LogP contribution in [0, 0.1) is 5.82 Å². The van der Waals surface area contributed by atoms with Crippen molar-refractivity contribution in [2.75, 3.05) is 5.73 Å². The monoisotopic (exact) mass is 177 g/mol. The van der Waals surface area contributed by atoms with Gasteiger partial charge in [0.15, 0.2) is 0 Å². The van der Waals surface area contributed by atoms with Gasteiger partial charge in [-0.3, -0.25) is 0 Å². The lowest BCUT2D eigenvalue weighted by Gasteiger charge is -2.04. The number of hydrogen-bond acceptors (Lipinski definition) is 2. The van der Waals surface area contributed by atoms with Crippen molar-refractivity contribution in [1.29, 1.82) is 0 Å². The normalized spacial score (nSPS) is 10.5. The molecule has 0 amide bonds. The van der Waals surface area contributed by atoms with Crippen LogP contribution in [0.25, 0.3) is 10.8 Å². The molecule has 0 heterocycles. The number of hydrogen-bond donors (Lipinski definition) is 2. The molecule has 2 aromatic carbocycles. The fourth-order valence-corrected chi connectivity index (χ4v) is 1.37. The summed E-state index contributed by atoms with van der Waals surface area (Å²) in [5.74, 6) is -0.537. The Labute approximate surface area is 74.4 Å². The highest BCUT2D eigenvalue weighted by atomic mass is 19.1. The van der Waals surface area contributed by atoms with E-state index in [-0.39, 0.29) is 11.1 Å². The molecular weight excluding hydrogens is 169 g/mol. The summed E-state index contributed by atoms with van der Waals surface area (Å²) in [5.41, 5.74) is 6.08. The molecule has 0 aromatic heterocycles. The minimum absolute atomic E-state index is 0.0812. The number of nitrogens with two attached hydrogens (primary N) is 1. The number of halogens is 1. The van der Waals surface area contributed by atoms with Gasteiger partial charge in [-0.15, -0.1) is 0 Å².